The number of amides is 1. The number of aliphatic hydroxyl groups is 1. The first-order chi connectivity index (χ1) is 8.60. The fourth-order valence-corrected chi connectivity index (χ4v) is 1.82. The molecule has 0 spiro atoms. The predicted molar refractivity (Wildman–Crippen MR) is 62.8 cm³/mol. The van der Waals surface area contributed by atoms with Gasteiger partial charge in [0.1, 0.15) is 0 Å². The van der Waals surface area contributed by atoms with Crippen molar-refractivity contribution in [3.05, 3.63) is 0 Å². The van der Waals surface area contributed by atoms with Crippen molar-refractivity contribution < 1.29 is 24.2 Å². The van der Waals surface area contributed by atoms with E-state index in [0.29, 0.717) is 13.2 Å². The van der Waals surface area contributed by atoms with Gasteiger partial charge in [-0.15, -0.1) is 0 Å². The van der Waals surface area contributed by atoms with E-state index in [-0.39, 0.29) is 24.4 Å². The Morgan fingerprint density at radius 2 is 2.22 bits per heavy atom. The number of esters is 1. The zero-order chi connectivity index (χ0) is 13.5. The molecule has 7 heteroatoms. The van der Waals surface area contributed by atoms with Crippen LogP contribution >= 0.6 is 0 Å². The normalized spacial score (nSPS) is 24.6. The Morgan fingerprint density at radius 3 is 2.83 bits per heavy atom. The molecule has 1 rings (SSSR count). The monoisotopic (exact) mass is 260 g/mol. The Bertz CT molecular complexity index is 297. The Hall–Kier alpha value is -1.18. The number of rotatable bonds is 6. The van der Waals surface area contributed by atoms with Crippen LogP contribution in [0.1, 0.15) is 6.92 Å². The number of hydrogen-bond acceptors (Lipinski definition) is 6. The van der Waals surface area contributed by atoms with E-state index in [1.807, 2.05) is 6.92 Å². The van der Waals surface area contributed by atoms with Gasteiger partial charge in [0.25, 0.3) is 0 Å². The SMILES string of the molecule is CCNC1COCC1C(=O)NCC(O)C(=O)OC. The highest BCUT2D eigenvalue weighted by atomic mass is 16.5. The quantitative estimate of drug-likeness (QED) is 0.491. The molecule has 0 radical (unpaired) electrons. The molecule has 1 saturated heterocycles. The largest absolute Gasteiger partial charge is 0.467 e. The van der Waals surface area contributed by atoms with Gasteiger partial charge >= 0.3 is 5.97 Å². The second-order valence-electron chi connectivity index (χ2n) is 4.09. The van der Waals surface area contributed by atoms with Gasteiger partial charge in [0.05, 0.1) is 32.8 Å². The summed E-state index contributed by atoms with van der Waals surface area (Å²) in [5, 5.41) is 15.0. The number of nitrogens with one attached hydrogen (secondary N) is 2. The van der Waals surface area contributed by atoms with Gasteiger partial charge in [-0.25, -0.2) is 4.79 Å². The number of carbonyl (C=O) groups excluding carboxylic acids is 2. The summed E-state index contributed by atoms with van der Waals surface area (Å²) in [6.45, 7) is 3.39. The van der Waals surface area contributed by atoms with E-state index in [0.717, 1.165) is 6.54 Å². The summed E-state index contributed by atoms with van der Waals surface area (Å²) in [6.07, 6.45) is -1.33. The third-order valence-corrected chi connectivity index (χ3v) is 2.83. The molecule has 3 N–H and O–H groups in total. The molecule has 1 amide bonds. The Morgan fingerprint density at radius 1 is 1.50 bits per heavy atom. The molecule has 18 heavy (non-hydrogen) atoms. The first kappa shape index (κ1) is 14.9. The molecule has 0 bridgehead atoms. The van der Waals surface area contributed by atoms with Gasteiger partial charge < -0.3 is 25.2 Å². The number of aliphatic hydroxyl groups excluding tert-OH is 1. The second-order valence-corrected chi connectivity index (χ2v) is 4.09. The van der Waals surface area contributed by atoms with Crippen LogP contribution in [0.25, 0.3) is 0 Å². The van der Waals surface area contributed by atoms with Gasteiger partial charge in [-0.2, -0.15) is 0 Å². The van der Waals surface area contributed by atoms with Crippen LogP contribution in [0.4, 0.5) is 0 Å². The van der Waals surface area contributed by atoms with Crippen molar-refractivity contribution in [2.24, 2.45) is 5.92 Å². The molecule has 1 heterocycles. The van der Waals surface area contributed by atoms with Crippen molar-refractivity contribution in [1.82, 2.24) is 10.6 Å². The highest BCUT2D eigenvalue weighted by molar-refractivity contribution is 5.81. The number of hydrogen-bond donors (Lipinski definition) is 3. The van der Waals surface area contributed by atoms with Gasteiger partial charge in [-0.3, -0.25) is 4.79 Å². The summed E-state index contributed by atoms with van der Waals surface area (Å²) in [4.78, 5) is 22.8. The highest BCUT2D eigenvalue weighted by Gasteiger charge is 2.33. The standard InChI is InChI=1S/C11H20N2O5/c1-3-12-8-6-18-5-7(8)10(15)13-4-9(14)11(16)17-2/h7-9,12,14H,3-6H2,1-2H3,(H,13,15). The maximum absolute atomic E-state index is 11.9. The molecular formula is C11H20N2O5. The van der Waals surface area contributed by atoms with Crippen LogP contribution in [0.3, 0.4) is 0 Å². The lowest BCUT2D eigenvalue weighted by atomic mass is 10.0. The fraction of sp³-hybridized carbons (Fsp3) is 0.818. The van der Waals surface area contributed by atoms with Crippen LogP contribution in [0.2, 0.25) is 0 Å². The topological polar surface area (TPSA) is 96.9 Å². The van der Waals surface area contributed by atoms with E-state index in [1.165, 1.54) is 7.11 Å². The van der Waals surface area contributed by atoms with E-state index < -0.39 is 12.1 Å². The Kier molecular flexibility index (Phi) is 6.03. The Balaban J connectivity index is 2.38. The van der Waals surface area contributed by atoms with Crippen molar-refractivity contribution in [3.63, 3.8) is 0 Å². The zero-order valence-electron chi connectivity index (χ0n) is 10.6. The van der Waals surface area contributed by atoms with Crippen LogP contribution in [0, 0.1) is 5.92 Å². The summed E-state index contributed by atoms with van der Waals surface area (Å²) in [5.74, 6) is -1.29. The van der Waals surface area contributed by atoms with Gasteiger partial charge in [-0.05, 0) is 6.54 Å². The van der Waals surface area contributed by atoms with Crippen molar-refractivity contribution in [2.75, 3.05) is 33.4 Å². The summed E-state index contributed by atoms with van der Waals surface area (Å²) in [5.41, 5.74) is 0. The minimum Gasteiger partial charge on any atom is -0.467 e. The molecule has 3 atom stereocenters. The van der Waals surface area contributed by atoms with E-state index in [9.17, 15) is 14.7 Å². The van der Waals surface area contributed by atoms with Crippen LogP contribution in [-0.4, -0.2) is 62.5 Å². The van der Waals surface area contributed by atoms with E-state index in [2.05, 4.69) is 15.4 Å². The summed E-state index contributed by atoms with van der Waals surface area (Å²) in [6, 6.07) is -0.0229. The maximum atomic E-state index is 11.9. The van der Waals surface area contributed by atoms with Gasteiger partial charge in [0.15, 0.2) is 6.10 Å². The molecule has 0 saturated carbocycles. The van der Waals surface area contributed by atoms with Crippen molar-refractivity contribution in [1.29, 1.82) is 0 Å². The van der Waals surface area contributed by atoms with Gasteiger partial charge in [-0.1, -0.05) is 6.92 Å². The molecule has 7 nitrogen and oxygen atoms in total. The van der Waals surface area contributed by atoms with E-state index in [1.54, 1.807) is 0 Å². The minimum atomic E-state index is -1.33. The number of ether oxygens (including phenoxy) is 2. The molecule has 0 aromatic heterocycles. The number of methoxy groups -OCH3 is 1. The maximum Gasteiger partial charge on any atom is 0.336 e. The molecule has 1 aliphatic rings. The van der Waals surface area contributed by atoms with Crippen LogP contribution in [0.15, 0.2) is 0 Å². The lowest BCUT2D eigenvalue weighted by molar-refractivity contribution is -0.150. The zero-order valence-corrected chi connectivity index (χ0v) is 10.6. The van der Waals surface area contributed by atoms with E-state index in [4.69, 9.17) is 4.74 Å². The molecular weight excluding hydrogens is 240 g/mol. The third-order valence-electron chi connectivity index (χ3n) is 2.83. The van der Waals surface area contributed by atoms with Crippen LogP contribution in [-0.2, 0) is 19.1 Å². The van der Waals surface area contributed by atoms with Crippen LogP contribution in [0.5, 0.6) is 0 Å². The van der Waals surface area contributed by atoms with Gasteiger partial charge in [0.2, 0.25) is 5.91 Å². The number of likely N-dealkylation sites (N-methyl/N-ethyl adjacent to an activating group) is 1. The highest BCUT2D eigenvalue weighted by Crippen LogP contribution is 2.13. The average Bonchev–Trinajstić information content (AvgIpc) is 2.83. The molecule has 0 aromatic carbocycles. The lowest BCUT2D eigenvalue weighted by Gasteiger charge is -2.18. The van der Waals surface area contributed by atoms with Crippen molar-refractivity contribution in [3.8, 4) is 0 Å². The van der Waals surface area contributed by atoms with Crippen molar-refractivity contribution in [2.45, 2.75) is 19.1 Å². The Labute approximate surface area is 106 Å². The average molecular weight is 260 g/mol. The van der Waals surface area contributed by atoms with E-state index >= 15 is 0 Å². The summed E-state index contributed by atoms with van der Waals surface area (Å²) >= 11 is 0. The molecule has 1 aliphatic heterocycles. The third kappa shape index (κ3) is 3.94. The first-order valence-electron chi connectivity index (χ1n) is 5.94. The predicted octanol–water partition coefficient (Wildman–Crippen LogP) is -1.74. The minimum absolute atomic E-state index is 0.0229. The molecule has 0 aliphatic carbocycles. The second kappa shape index (κ2) is 7.30. The van der Waals surface area contributed by atoms with Crippen LogP contribution < -0.4 is 10.6 Å². The van der Waals surface area contributed by atoms with Gasteiger partial charge in [0, 0.05) is 6.04 Å². The molecule has 1 fully saturated rings. The number of carbonyl (C=O) groups is 2. The first-order valence-corrected chi connectivity index (χ1v) is 5.94. The molecule has 3 unspecified atom stereocenters. The summed E-state index contributed by atoms with van der Waals surface area (Å²) in [7, 11) is 1.18. The fourth-order valence-electron chi connectivity index (χ4n) is 1.82. The van der Waals surface area contributed by atoms with Crippen molar-refractivity contribution >= 4 is 11.9 Å². The summed E-state index contributed by atoms with van der Waals surface area (Å²) < 4.78 is 9.59. The smallest absolute Gasteiger partial charge is 0.336 e. The molecule has 0 aromatic rings. The molecule has 104 valence electrons. The lowest BCUT2D eigenvalue weighted by Crippen LogP contribution is -2.46.